The van der Waals surface area contributed by atoms with E-state index < -0.39 is 5.60 Å². The number of nitrogens with one attached hydrogen (secondary N) is 2. The van der Waals surface area contributed by atoms with Gasteiger partial charge < -0.3 is 20.5 Å². The Morgan fingerprint density at radius 1 is 1.36 bits per heavy atom. The van der Waals surface area contributed by atoms with Crippen LogP contribution in [0.1, 0.15) is 19.4 Å². The molecule has 1 unspecified atom stereocenters. The molecule has 1 aliphatic heterocycles. The van der Waals surface area contributed by atoms with Crippen LogP contribution in [0.5, 0.6) is 0 Å². The van der Waals surface area contributed by atoms with Crippen molar-refractivity contribution in [1.29, 1.82) is 0 Å². The number of aliphatic hydroxyl groups is 1. The van der Waals surface area contributed by atoms with Crippen LogP contribution in [0.4, 0.5) is 4.39 Å². The highest BCUT2D eigenvalue weighted by molar-refractivity contribution is 14.0. The molecule has 0 bridgehead atoms. The summed E-state index contributed by atoms with van der Waals surface area (Å²) >= 11 is 6.06. The van der Waals surface area contributed by atoms with Gasteiger partial charge in [0.1, 0.15) is 5.82 Å². The predicted octanol–water partition coefficient (Wildman–Crippen LogP) is 2.28. The Hall–Kier alpha value is -0.680. The number of guanidine groups is 1. The quantitative estimate of drug-likeness (QED) is 0.274. The summed E-state index contributed by atoms with van der Waals surface area (Å²) in [5.41, 5.74) is -0.448. The largest absolute Gasteiger partial charge is 0.387 e. The highest BCUT2D eigenvalue weighted by Crippen LogP contribution is 2.19. The molecule has 1 fully saturated rings. The molecule has 2 rings (SSSR count). The molecule has 3 N–H and O–H groups in total. The molecule has 1 aromatic rings. The van der Waals surface area contributed by atoms with Crippen LogP contribution < -0.4 is 10.6 Å². The standard InChI is InChI=1S/C19H30ClFN4O2.HI/c1-3-22-18(23-8-7-15-16(20)5-4-6-17(15)21)24-13-19(2,26)14-25-9-11-27-12-10-25;/h4-6,26H,3,7-14H2,1-2H3,(H2,22,23,24);1H. The van der Waals surface area contributed by atoms with Gasteiger partial charge in [0.25, 0.3) is 0 Å². The van der Waals surface area contributed by atoms with Gasteiger partial charge in [-0.3, -0.25) is 9.89 Å². The fraction of sp³-hybridized carbons (Fsp3) is 0.632. The van der Waals surface area contributed by atoms with Gasteiger partial charge >= 0.3 is 0 Å². The van der Waals surface area contributed by atoms with E-state index in [0.717, 1.165) is 13.1 Å². The monoisotopic (exact) mass is 528 g/mol. The third-order valence-corrected chi connectivity index (χ3v) is 4.67. The smallest absolute Gasteiger partial charge is 0.191 e. The van der Waals surface area contributed by atoms with Crippen LogP contribution in [-0.2, 0) is 11.2 Å². The Morgan fingerprint density at radius 3 is 2.71 bits per heavy atom. The fourth-order valence-electron chi connectivity index (χ4n) is 2.96. The first kappa shape index (κ1) is 25.4. The second-order valence-corrected chi connectivity index (χ2v) is 7.36. The Balaban J connectivity index is 0.00000392. The molecule has 1 saturated heterocycles. The van der Waals surface area contributed by atoms with E-state index in [1.54, 1.807) is 19.1 Å². The Kier molecular flexibility index (Phi) is 11.6. The maximum Gasteiger partial charge on any atom is 0.191 e. The number of hydrogen-bond acceptors (Lipinski definition) is 4. The Morgan fingerprint density at radius 2 is 2.07 bits per heavy atom. The summed E-state index contributed by atoms with van der Waals surface area (Å²) < 4.78 is 19.2. The summed E-state index contributed by atoms with van der Waals surface area (Å²) in [6, 6.07) is 4.68. The van der Waals surface area contributed by atoms with E-state index in [0.29, 0.717) is 55.8 Å². The summed E-state index contributed by atoms with van der Waals surface area (Å²) in [6.45, 7) is 8.78. The maximum atomic E-state index is 13.8. The second kappa shape index (κ2) is 12.8. The molecule has 0 aliphatic carbocycles. The molecular formula is C19H31ClFIN4O2. The van der Waals surface area contributed by atoms with Crippen LogP contribution in [0.15, 0.2) is 23.2 Å². The van der Waals surface area contributed by atoms with Crippen molar-refractivity contribution in [1.82, 2.24) is 15.5 Å². The summed E-state index contributed by atoms with van der Waals surface area (Å²) in [6.07, 6.45) is 0.445. The van der Waals surface area contributed by atoms with E-state index in [1.807, 2.05) is 6.92 Å². The lowest BCUT2D eigenvalue weighted by Gasteiger charge is -2.33. The van der Waals surface area contributed by atoms with Gasteiger partial charge in [-0.25, -0.2) is 4.39 Å². The second-order valence-electron chi connectivity index (χ2n) is 6.96. The van der Waals surface area contributed by atoms with Crippen LogP contribution in [0, 0.1) is 5.82 Å². The Bertz CT molecular complexity index is 608. The number of hydrogen-bond donors (Lipinski definition) is 3. The zero-order chi connectivity index (χ0) is 19.7. The van der Waals surface area contributed by atoms with Crippen LogP contribution in [0.25, 0.3) is 0 Å². The van der Waals surface area contributed by atoms with Crippen molar-refractivity contribution in [3.05, 3.63) is 34.6 Å². The molecule has 0 spiro atoms. The lowest BCUT2D eigenvalue weighted by molar-refractivity contribution is -0.0179. The van der Waals surface area contributed by atoms with E-state index in [9.17, 15) is 9.50 Å². The number of nitrogens with zero attached hydrogens (tertiary/aromatic N) is 2. The molecule has 0 radical (unpaired) electrons. The van der Waals surface area contributed by atoms with Crippen molar-refractivity contribution >= 4 is 41.5 Å². The van der Waals surface area contributed by atoms with Crippen molar-refractivity contribution in [3.8, 4) is 0 Å². The van der Waals surface area contributed by atoms with E-state index in [2.05, 4.69) is 20.5 Å². The maximum absolute atomic E-state index is 13.8. The molecule has 9 heteroatoms. The first-order chi connectivity index (χ1) is 12.9. The summed E-state index contributed by atoms with van der Waals surface area (Å²) in [5, 5.41) is 17.4. The van der Waals surface area contributed by atoms with Crippen LogP contribution in [-0.4, -0.2) is 74.0 Å². The topological polar surface area (TPSA) is 69.1 Å². The van der Waals surface area contributed by atoms with Gasteiger partial charge in [-0.15, -0.1) is 24.0 Å². The van der Waals surface area contributed by atoms with Crippen LogP contribution >= 0.6 is 35.6 Å². The molecule has 1 atom stereocenters. The van der Waals surface area contributed by atoms with E-state index >= 15 is 0 Å². The van der Waals surface area contributed by atoms with Gasteiger partial charge in [0, 0.05) is 43.3 Å². The van der Waals surface area contributed by atoms with Gasteiger partial charge in [-0.05, 0) is 32.4 Å². The van der Waals surface area contributed by atoms with Crippen molar-refractivity contribution in [2.24, 2.45) is 4.99 Å². The third-order valence-electron chi connectivity index (χ3n) is 4.32. The Labute approximate surface area is 188 Å². The minimum atomic E-state index is -0.936. The number of benzene rings is 1. The molecule has 0 saturated carbocycles. The lowest BCUT2D eigenvalue weighted by Crippen LogP contribution is -2.48. The molecule has 1 heterocycles. The number of morpholine rings is 1. The first-order valence-electron chi connectivity index (χ1n) is 9.39. The summed E-state index contributed by atoms with van der Waals surface area (Å²) in [4.78, 5) is 6.67. The predicted molar refractivity (Wildman–Crippen MR) is 122 cm³/mol. The summed E-state index contributed by atoms with van der Waals surface area (Å²) in [5.74, 6) is 0.284. The number of ether oxygens (including phenoxy) is 1. The lowest BCUT2D eigenvalue weighted by atomic mass is 10.1. The fourth-order valence-corrected chi connectivity index (χ4v) is 3.22. The van der Waals surface area contributed by atoms with E-state index in [1.165, 1.54) is 6.07 Å². The number of halogens is 3. The van der Waals surface area contributed by atoms with Gasteiger partial charge in [-0.1, -0.05) is 17.7 Å². The van der Waals surface area contributed by atoms with Gasteiger partial charge in [0.05, 0.1) is 25.4 Å². The minimum Gasteiger partial charge on any atom is -0.387 e. The molecule has 1 aliphatic rings. The van der Waals surface area contributed by atoms with E-state index in [-0.39, 0.29) is 36.3 Å². The van der Waals surface area contributed by atoms with Crippen molar-refractivity contribution in [3.63, 3.8) is 0 Å². The average molecular weight is 529 g/mol. The van der Waals surface area contributed by atoms with Crippen molar-refractivity contribution in [2.75, 3.05) is 52.5 Å². The van der Waals surface area contributed by atoms with Crippen molar-refractivity contribution < 1.29 is 14.2 Å². The number of rotatable bonds is 8. The highest BCUT2D eigenvalue weighted by Gasteiger charge is 2.25. The number of aliphatic imine (C=N–C) groups is 1. The SMILES string of the molecule is CCNC(=NCC(C)(O)CN1CCOCC1)NCCc1c(F)cccc1Cl.I. The molecule has 0 amide bonds. The minimum absolute atomic E-state index is 0. The van der Waals surface area contributed by atoms with Crippen LogP contribution in [0.2, 0.25) is 5.02 Å². The van der Waals surface area contributed by atoms with Gasteiger partial charge in [-0.2, -0.15) is 0 Å². The van der Waals surface area contributed by atoms with Gasteiger partial charge in [0.2, 0.25) is 0 Å². The summed E-state index contributed by atoms with van der Waals surface area (Å²) in [7, 11) is 0. The number of β-amino-alcohol motifs (C(OH)–C–C–N with tert-alkyl or cyclic N) is 1. The molecule has 160 valence electrons. The van der Waals surface area contributed by atoms with Gasteiger partial charge in [0.15, 0.2) is 5.96 Å². The third kappa shape index (κ3) is 8.77. The molecule has 1 aromatic carbocycles. The zero-order valence-corrected chi connectivity index (χ0v) is 19.6. The molecule has 28 heavy (non-hydrogen) atoms. The molecule has 0 aromatic heterocycles. The van der Waals surface area contributed by atoms with Crippen LogP contribution in [0.3, 0.4) is 0 Å². The average Bonchev–Trinajstić information content (AvgIpc) is 2.62. The molecular weight excluding hydrogens is 498 g/mol. The molecule has 6 nitrogen and oxygen atoms in total. The van der Waals surface area contributed by atoms with E-state index in [4.69, 9.17) is 16.3 Å². The highest BCUT2D eigenvalue weighted by atomic mass is 127. The normalized spacial score (nSPS) is 17.5. The zero-order valence-electron chi connectivity index (χ0n) is 16.5. The first-order valence-corrected chi connectivity index (χ1v) is 9.76. The van der Waals surface area contributed by atoms with Crippen molar-refractivity contribution in [2.45, 2.75) is 25.9 Å².